The average molecular weight is 979 g/mol. The van der Waals surface area contributed by atoms with E-state index in [1.54, 1.807) is 49.7 Å². The van der Waals surface area contributed by atoms with Crippen molar-refractivity contribution in [2.24, 2.45) is 11.3 Å². The lowest BCUT2D eigenvalue weighted by Gasteiger charge is -2.39. The van der Waals surface area contributed by atoms with Gasteiger partial charge >= 0.3 is 0 Å². The molecule has 2 bridgehead atoms. The maximum atomic E-state index is 13.4. The molecule has 3 atom stereocenters. The Labute approximate surface area is 414 Å². The number of carbonyl (C=O) groups excluding carboxylic acids is 6. The van der Waals surface area contributed by atoms with Crippen molar-refractivity contribution in [3.05, 3.63) is 102 Å². The second-order valence-electron chi connectivity index (χ2n) is 19.8. The van der Waals surface area contributed by atoms with Crippen molar-refractivity contribution in [1.29, 1.82) is 0 Å². The van der Waals surface area contributed by atoms with Crippen LogP contribution in [0.2, 0.25) is 0 Å². The number of benzene rings is 3. The highest BCUT2D eigenvalue weighted by atomic mass is 19.1. The second-order valence-corrected chi connectivity index (χ2v) is 19.8. The van der Waals surface area contributed by atoms with Crippen molar-refractivity contribution in [3.63, 3.8) is 0 Å². The topological polar surface area (TPSA) is 208 Å². The molecule has 0 spiro atoms. The number of ether oxygens (including phenoxy) is 2. The molecule has 11 rings (SSSR count). The number of nitrogens with zero attached hydrogens (tertiary/aromatic N) is 6. The number of hydrogen-bond donors (Lipinski definition) is 4. The number of halogens is 1. The Hall–Kier alpha value is -7.67. The largest absolute Gasteiger partial charge is 0.495 e. The molecular weight excluding hydrogens is 924 g/mol. The van der Waals surface area contributed by atoms with E-state index in [9.17, 15) is 33.2 Å². The number of hydrogen-bond acceptors (Lipinski definition) is 13. The van der Waals surface area contributed by atoms with Gasteiger partial charge in [0.2, 0.25) is 29.5 Å². The zero-order valence-electron chi connectivity index (χ0n) is 39.8. The lowest BCUT2D eigenvalue weighted by atomic mass is 9.95. The van der Waals surface area contributed by atoms with Crippen LogP contribution < -0.4 is 35.6 Å². The van der Waals surface area contributed by atoms with Crippen LogP contribution in [0.25, 0.3) is 10.9 Å². The van der Waals surface area contributed by atoms with Gasteiger partial charge < -0.3 is 40.1 Å². The average Bonchev–Trinajstić information content (AvgIpc) is 3.83. The van der Waals surface area contributed by atoms with Gasteiger partial charge in [-0.2, -0.15) is 0 Å². The molecule has 6 amide bonds. The quantitative estimate of drug-likeness (QED) is 0.0736. The number of pyridine rings is 2. The molecule has 7 heterocycles. The van der Waals surface area contributed by atoms with Crippen LogP contribution in [0.4, 0.5) is 27.3 Å². The number of piperidine rings is 2. The molecule has 5 fully saturated rings. The number of methoxy groups -OCH3 is 1. The fraction of sp³-hybridized carbons (Fsp3) is 0.396. The van der Waals surface area contributed by atoms with Crippen molar-refractivity contribution >= 4 is 69.2 Å². The van der Waals surface area contributed by atoms with Crippen LogP contribution in [0.5, 0.6) is 17.2 Å². The Bertz CT molecular complexity index is 2980. The van der Waals surface area contributed by atoms with Gasteiger partial charge in [-0.25, -0.2) is 9.37 Å². The van der Waals surface area contributed by atoms with Gasteiger partial charge in [0.05, 0.1) is 23.9 Å². The number of likely N-dealkylation sites (tertiary alicyclic amines) is 2. The van der Waals surface area contributed by atoms with Gasteiger partial charge in [-0.05, 0) is 123 Å². The van der Waals surface area contributed by atoms with Gasteiger partial charge in [0.25, 0.3) is 5.91 Å². The Morgan fingerprint density at radius 2 is 1.60 bits per heavy atom. The summed E-state index contributed by atoms with van der Waals surface area (Å²) < 4.78 is 25.6. The van der Waals surface area contributed by atoms with Crippen LogP contribution in [0.3, 0.4) is 0 Å². The Kier molecular flexibility index (Phi) is 12.4. The molecule has 4 N–H and O–H groups in total. The zero-order chi connectivity index (χ0) is 49.7. The summed E-state index contributed by atoms with van der Waals surface area (Å²) in [5.41, 5.74) is 2.73. The molecule has 372 valence electrons. The Morgan fingerprint density at radius 3 is 2.28 bits per heavy atom. The van der Waals surface area contributed by atoms with Gasteiger partial charge in [0.1, 0.15) is 40.3 Å². The summed E-state index contributed by atoms with van der Waals surface area (Å²) in [4.78, 5) is 94.4. The van der Waals surface area contributed by atoms with Gasteiger partial charge in [-0.15, -0.1) is 0 Å². The molecule has 18 nitrogen and oxygen atoms in total. The maximum Gasteiger partial charge on any atom is 0.256 e. The van der Waals surface area contributed by atoms with Crippen molar-refractivity contribution in [1.82, 2.24) is 30.0 Å². The summed E-state index contributed by atoms with van der Waals surface area (Å²) in [7, 11) is 1.67. The standard InChI is InChI=1S/C53H55FN10O8/c1-71-45-24-39-41(55-18-12-44(39)72-38-8-6-35(7-9-38)59-52(70)53(16-17-53)51(69)58-34-4-2-33(54)3-5-34)25-43(45)61-20-14-31(15-21-61)27-62-29-37-23-36(62)30-63(37)48(66)13-19-56-46-22-32-28-64(50(68)40(32)26-57-46)42-10-11-47(65)60-49(42)67/h2-9,12,18,22,24-26,31,36-37,42H,10-11,13-17,19-21,23,27-30H2,1H3,(H,56,57)(H,58,69)(H,59,70)(H,60,65,67)/t36-,37-,42?/m1/s1. The monoisotopic (exact) mass is 978 g/mol. The molecule has 1 unspecified atom stereocenters. The summed E-state index contributed by atoms with van der Waals surface area (Å²) in [6.07, 6.45) is 7.94. The zero-order valence-corrected chi connectivity index (χ0v) is 39.8. The van der Waals surface area contributed by atoms with Crippen molar-refractivity contribution in [2.75, 3.05) is 67.2 Å². The van der Waals surface area contributed by atoms with E-state index in [-0.39, 0.29) is 36.7 Å². The number of imide groups is 1. The molecule has 0 radical (unpaired) electrons. The predicted octanol–water partition coefficient (Wildman–Crippen LogP) is 5.69. The first-order valence-corrected chi connectivity index (χ1v) is 24.7. The van der Waals surface area contributed by atoms with Gasteiger partial charge in [0, 0.05) is 99.9 Å². The number of fused-ring (bicyclic) bond motifs is 4. The highest BCUT2D eigenvalue weighted by molar-refractivity contribution is 6.17. The first kappa shape index (κ1) is 46.7. The lowest BCUT2D eigenvalue weighted by Crippen LogP contribution is -2.52. The van der Waals surface area contributed by atoms with Crippen LogP contribution in [-0.2, 0) is 30.5 Å². The van der Waals surface area contributed by atoms with Crippen LogP contribution >= 0.6 is 0 Å². The van der Waals surface area contributed by atoms with E-state index in [4.69, 9.17) is 14.5 Å². The number of aromatic nitrogens is 2. The van der Waals surface area contributed by atoms with Crippen LogP contribution in [0.1, 0.15) is 67.3 Å². The molecular formula is C53H55FN10O8. The number of carbonyl (C=O) groups is 6. The minimum Gasteiger partial charge on any atom is -0.495 e. The van der Waals surface area contributed by atoms with E-state index in [0.717, 1.165) is 79.9 Å². The number of anilines is 4. The maximum absolute atomic E-state index is 13.4. The molecule has 5 aromatic rings. The third kappa shape index (κ3) is 9.24. The summed E-state index contributed by atoms with van der Waals surface area (Å²) in [6.45, 7) is 5.04. The minimum absolute atomic E-state index is 0.121. The Balaban J connectivity index is 0.635. The Morgan fingerprint density at radius 1 is 0.861 bits per heavy atom. The highest BCUT2D eigenvalue weighted by Gasteiger charge is 2.56. The first-order valence-electron chi connectivity index (χ1n) is 24.7. The van der Waals surface area contributed by atoms with Crippen molar-refractivity contribution in [2.45, 2.75) is 76.0 Å². The fourth-order valence-electron chi connectivity index (χ4n) is 11.1. The number of amides is 6. The van der Waals surface area contributed by atoms with Crippen LogP contribution in [0, 0.1) is 17.2 Å². The lowest BCUT2D eigenvalue weighted by molar-refractivity contribution is -0.137. The summed E-state index contributed by atoms with van der Waals surface area (Å²) in [6, 6.07) is 19.9. The molecule has 6 aliphatic rings. The fourth-order valence-corrected chi connectivity index (χ4v) is 11.1. The molecule has 1 aliphatic carbocycles. The highest BCUT2D eigenvalue weighted by Crippen LogP contribution is 2.48. The molecule has 72 heavy (non-hydrogen) atoms. The van der Waals surface area contributed by atoms with Crippen LogP contribution in [0.15, 0.2) is 85.2 Å². The van der Waals surface area contributed by atoms with E-state index in [1.165, 1.54) is 35.4 Å². The number of nitrogens with one attached hydrogen (secondary N) is 4. The molecule has 3 aromatic carbocycles. The van der Waals surface area contributed by atoms with E-state index in [2.05, 4.69) is 42.1 Å². The summed E-state index contributed by atoms with van der Waals surface area (Å²) >= 11 is 0. The molecule has 1 saturated carbocycles. The normalized spacial score (nSPS) is 21.4. The summed E-state index contributed by atoms with van der Waals surface area (Å²) in [5, 5.41) is 12.0. The van der Waals surface area contributed by atoms with E-state index in [0.29, 0.717) is 78.4 Å². The third-order valence-electron chi connectivity index (χ3n) is 15.2. The SMILES string of the molecule is COc1cc2c(Oc3ccc(NC(=O)C4(C(=O)Nc5ccc(F)cc5)CC4)cc3)ccnc2cc1N1CCC(CN2C[C@H]3C[C@@H]2CN3C(=O)CCNc2cc3c(cn2)C(=O)N(C2CCC(=O)NC2=O)C3)CC1. The van der Waals surface area contributed by atoms with Crippen molar-refractivity contribution in [3.8, 4) is 17.2 Å². The second kappa shape index (κ2) is 19.2. The van der Waals surface area contributed by atoms with Gasteiger partial charge in [-0.3, -0.25) is 44.0 Å². The molecule has 5 aliphatic heterocycles. The predicted molar refractivity (Wildman–Crippen MR) is 264 cm³/mol. The first-order chi connectivity index (χ1) is 34.9. The minimum atomic E-state index is -1.18. The molecule has 2 aromatic heterocycles. The summed E-state index contributed by atoms with van der Waals surface area (Å²) in [5.74, 6) is 0.821. The van der Waals surface area contributed by atoms with Gasteiger partial charge in [0.15, 0.2) is 0 Å². The smallest absolute Gasteiger partial charge is 0.256 e. The van der Waals surface area contributed by atoms with E-state index in [1.807, 2.05) is 11.0 Å². The van der Waals surface area contributed by atoms with E-state index >= 15 is 0 Å². The van der Waals surface area contributed by atoms with Gasteiger partial charge in [-0.1, -0.05) is 0 Å². The molecule has 19 heteroatoms. The van der Waals surface area contributed by atoms with Crippen molar-refractivity contribution < 1.29 is 42.6 Å². The van der Waals surface area contributed by atoms with Crippen LogP contribution in [-0.4, -0.2) is 125 Å². The number of piperazine rings is 1. The van der Waals surface area contributed by atoms with E-state index < -0.39 is 35.0 Å². The number of rotatable bonds is 15. The third-order valence-corrected chi connectivity index (χ3v) is 15.2. The molecule has 4 saturated heterocycles.